The topological polar surface area (TPSA) is 116 Å². The Balaban J connectivity index is 1.99. The molecule has 2 aromatic carbocycles. The summed E-state index contributed by atoms with van der Waals surface area (Å²) >= 11 is 0. The first-order valence-corrected chi connectivity index (χ1v) is 11.0. The Morgan fingerprint density at radius 3 is 2.59 bits per heavy atom. The minimum Gasteiger partial charge on any atom is -0.465 e. The Bertz CT molecular complexity index is 1150. The van der Waals surface area contributed by atoms with Crippen molar-refractivity contribution >= 4 is 28.8 Å². The van der Waals surface area contributed by atoms with Gasteiger partial charge in [-0.25, -0.2) is 4.68 Å². The molecule has 1 heterocycles. The van der Waals surface area contributed by atoms with Crippen molar-refractivity contribution in [2.75, 3.05) is 33.4 Å². The van der Waals surface area contributed by atoms with Gasteiger partial charge in [0.25, 0.3) is 0 Å². The molecule has 0 radical (unpaired) electrons. The van der Waals surface area contributed by atoms with Crippen LogP contribution in [0.4, 0.5) is 0 Å². The molecule has 180 valence electrons. The van der Waals surface area contributed by atoms with Crippen molar-refractivity contribution in [2.45, 2.75) is 26.4 Å². The van der Waals surface area contributed by atoms with Crippen LogP contribution >= 0.6 is 0 Å². The lowest BCUT2D eigenvalue weighted by atomic mass is 9.98. The molecule has 0 spiro atoms. The average molecular weight is 468 g/mol. The van der Waals surface area contributed by atoms with Gasteiger partial charge in [0.1, 0.15) is 24.6 Å². The van der Waals surface area contributed by atoms with Gasteiger partial charge in [0.15, 0.2) is 0 Å². The summed E-state index contributed by atoms with van der Waals surface area (Å²) in [7, 11) is 1.53. The van der Waals surface area contributed by atoms with Crippen LogP contribution in [0, 0.1) is 6.92 Å². The van der Waals surface area contributed by atoms with Crippen LogP contribution in [-0.4, -0.2) is 71.1 Å². The van der Waals surface area contributed by atoms with E-state index in [9.17, 15) is 14.4 Å². The van der Waals surface area contributed by atoms with Crippen molar-refractivity contribution in [3.8, 4) is 0 Å². The van der Waals surface area contributed by atoms with Crippen molar-refractivity contribution in [3.05, 3.63) is 59.7 Å². The van der Waals surface area contributed by atoms with E-state index in [-0.39, 0.29) is 19.7 Å². The Morgan fingerprint density at radius 1 is 1.12 bits per heavy atom. The largest absolute Gasteiger partial charge is 0.465 e. The second-order valence-corrected chi connectivity index (χ2v) is 7.61. The maximum absolute atomic E-state index is 13.6. The molecule has 0 saturated heterocycles. The summed E-state index contributed by atoms with van der Waals surface area (Å²) in [5.41, 5.74) is 2.73. The standard InChI is InChI=1S/C24H29N5O5/c1-4-34-22(31)16-28(21(30)15-29-20-12-8-7-11-19(20)26-27-29)23(24(32)25-13-14-33-3)18-10-6-5-9-17(18)2/h5-12,23H,4,13-16H2,1-3H3,(H,25,32)/t23-/m0/s1. The summed E-state index contributed by atoms with van der Waals surface area (Å²) in [6.07, 6.45) is 0. The normalized spacial score (nSPS) is 11.7. The molecule has 34 heavy (non-hydrogen) atoms. The lowest BCUT2D eigenvalue weighted by molar-refractivity contribution is -0.152. The lowest BCUT2D eigenvalue weighted by Gasteiger charge is -2.31. The van der Waals surface area contributed by atoms with Crippen LogP contribution in [0.15, 0.2) is 48.5 Å². The summed E-state index contributed by atoms with van der Waals surface area (Å²) in [4.78, 5) is 40.6. The monoisotopic (exact) mass is 467 g/mol. The van der Waals surface area contributed by atoms with Gasteiger partial charge in [-0.1, -0.05) is 41.6 Å². The SMILES string of the molecule is CCOC(=O)CN(C(=O)Cn1nnc2ccccc21)[C@H](C(=O)NCCOC)c1ccccc1C. The van der Waals surface area contributed by atoms with Crippen molar-refractivity contribution in [2.24, 2.45) is 0 Å². The number of hydrogen-bond acceptors (Lipinski definition) is 7. The van der Waals surface area contributed by atoms with Crippen molar-refractivity contribution in [3.63, 3.8) is 0 Å². The number of para-hydroxylation sites is 1. The molecule has 10 nitrogen and oxygen atoms in total. The highest BCUT2D eigenvalue weighted by Gasteiger charge is 2.34. The third-order valence-electron chi connectivity index (χ3n) is 5.28. The van der Waals surface area contributed by atoms with E-state index < -0.39 is 30.4 Å². The van der Waals surface area contributed by atoms with Gasteiger partial charge in [-0.2, -0.15) is 0 Å². The smallest absolute Gasteiger partial charge is 0.325 e. The second-order valence-electron chi connectivity index (χ2n) is 7.61. The number of nitrogens with zero attached hydrogens (tertiary/aromatic N) is 4. The number of aromatic nitrogens is 3. The van der Waals surface area contributed by atoms with Gasteiger partial charge >= 0.3 is 5.97 Å². The number of amides is 2. The fourth-order valence-electron chi connectivity index (χ4n) is 3.64. The van der Waals surface area contributed by atoms with Crippen LogP contribution in [-0.2, 0) is 30.4 Å². The molecule has 1 aromatic heterocycles. The van der Waals surface area contributed by atoms with Crippen LogP contribution < -0.4 is 5.32 Å². The zero-order chi connectivity index (χ0) is 24.5. The highest BCUT2D eigenvalue weighted by molar-refractivity contribution is 5.91. The number of methoxy groups -OCH3 is 1. The fraction of sp³-hybridized carbons (Fsp3) is 0.375. The van der Waals surface area contributed by atoms with Gasteiger partial charge < -0.3 is 19.7 Å². The second kappa shape index (κ2) is 11.9. The molecule has 0 bridgehead atoms. The van der Waals surface area contributed by atoms with E-state index in [4.69, 9.17) is 9.47 Å². The molecule has 2 amide bonds. The van der Waals surface area contributed by atoms with Gasteiger partial charge in [0.05, 0.1) is 18.7 Å². The predicted molar refractivity (Wildman–Crippen MR) is 125 cm³/mol. The number of nitrogens with one attached hydrogen (secondary N) is 1. The molecular weight excluding hydrogens is 438 g/mol. The quantitative estimate of drug-likeness (QED) is 0.337. The molecule has 10 heteroatoms. The minimum absolute atomic E-state index is 0.156. The first-order chi connectivity index (χ1) is 16.5. The van der Waals surface area contributed by atoms with E-state index in [0.29, 0.717) is 23.2 Å². The molecule has 0 saturated carbocycles. The van der Waals surface area contributed by atoms with E-state index in [0.717, 1.165) is 5.56 Å². The van der Waals surface area contributed by atoms with Crippen LogP contribution in [0.5, 0.6) is 0 Å². The average Bonchev–Trinajstić information content (AvgIpc) is 3.23. The molecule has 3 aromatic rings. The number of carbonyl (C=O) groups excluding carboxylic acids is 3. The first kappa shape index (κ1) is 24.8. The third kappa shape index (κ3) is 5.96. The Labute approximate surface area is 197 Å². The number of fused-ring (bicyclic) bond motifs is 1. The number of aryl methyl sites for hydroxylation is 1. The van der Waals surface area contributed by atoms with Crippen molar-refractivity contribution in [1.82, 2.24) is 25.2 Å². The number of hydrogen-bond donors (Lipinski definition) is 1. The Morgan fingerprint density at radius 2 is 1.85 bits per heavy atom. The van der Waals surface area contributed by atoms with Gasteiger partial charge in [-0.05, 0) is 37.1 Å². The van der Waals surface area contributed by atoms with Crippen LogP contribution in [0.25, 0.3) is 11.0 Å². The molecule has 0 aliphatic carbocycles. The molecular formula is C24H29N5O5. The van der Waals surface area contributed by atoms with Gasteiger partial charge in [0.2, 0.25) is 11.8 Å². The minimum atomic E-state index is -1.05. The molecule has 0 aliphatic rings. The van der Waals surface area contributed by atoms with Crippen molar-refractivity contribution < 1.29 is 23.9 Å². The van der Waals surface area contributed by atoms with E-state index in [2.05, 4.69) is 15.6 Å². The number of ether oxygens (including phenoxy) is 2. The summed E-state index contributed by atoms with van der Waals surface area (Å²) in [5, 5.41) is 10.9. The summed E-state index contributed by atoms with van der Waals surface area (Å²) in [6, 6.07) is 13.4. The van der Waals surface area contributed by atoms with Gasteiger partial charge in [-0.15, -0.1) is 5.10 Å². The Kier molecular flexibility index (Phi) is 8.69. The maximum atomic E-state index is 13.6. The molecule has 0 fully saturated rings. The Hall–Kier alpha value is -3.79. The van der Waals surface area contributed by atoms with E-state index >= 15 is 0 Å². The van der Waals surface area contributed by atoms with E-state index in [1.807, 2.05) is 31.2 Å². The van der Waals surface area contributed by atoms with Crippen LogP contribution in [0.2, 0.25) is 0 Å². The summed E-state index contributed by atoms with van der Waals surface area (Å²) in [6.45, 7) is 3.66. The lowest BCUT2D eigenvalue weighted by Crippen LogP contribution is -2.48. The zero-order valence-corrected chi connectivity index (χ0v) is 19.6. The zero-order valence-electron chi connectivity index (χ0n) is 19.6. The highest BCUT2D eigenvalue weighted by Crippen LogP contribution is 2.25. The molecule has 1 atom stereocenters. The third-order valence-corrected chi connectivity index (χ3v) is 5.28. The molecule has 1 N–H and O–H groups in total. The number of esters is 1. The maximum Gasteiger partial charge on any atom is 0.325 e. The van der Waals surface area contributed by atoms with Gasteiger partial charge in [0, 0.05) is 13.7 Å². The molecule has 0 aliphatic heterocycles. The summed E-state index contributed by atoms with van der Waals surface area (Å²) < 4.78 is 11.6. The van der Waals surface area contributed by atoms with E-state index in [1.54, 1.807) is 31.2 Å². The highest BCUT2D eigenvalue weighted by atomic mass is 16.5. The van der Waals surface area contributed by atoms with Gasteiger partial charge in [-0.3, -0.25) is 14.4 Å². The van der Waals surface area contributed by atoms with Crippen LogP contribution in [0.3, 0.4) is 0 Å². The van der Waals surface area contributed by atoms with E-state index in [1.165, 1.54) is 16.7 Å². The fourth-order valence-corrected chi connectivity index (χ4v) is 3.64. The summed E-state index contributed by atoms with van der Waals surface area (Å²) in [5.74, 6) is -1.51. The molecule has 0 unspecified atom stereocenters. The first-order valence-electron chi connectivity index (χ1n) is 11.0. The van der Waals surface area contributed by atoms with Crippen molar-refractivity contribution in [1.29, 1.82) is 0 Å². The molecule has 3 rings (SSSR count). The number of rotatable bonds is 11. The predicted octanol–water partition coefficient (Wildman–Crippen LogP) is 1.64. The van der Waals surface area contributed by atoms with Crippen LogP contribution in [0.1, 0.15) is 24.1 Å². The number of benzene rings is 2. The number of carbonyl (C=O) groups is 3.